The molecule has 534 valence electrons. The van der Waals surface area contributed by atoms with E-state index in [4.69, 9.17) is 20.9 Å². The van der Waals surface area contributed by atoms with E-state index in [2.05, 4.69) is 35.2 Å². The molecule has 0 radical (unpaired) electrons. The van der Waals surface area contributed by atoms with E-state index in [-0.39, 0.29) is 102 Å². The van der Waals surface area contributed by atoms with Crippen molar-refractivity contribution in [2.75, 3.05) is 95.5 Å². The molecule has 0 N–H and O–H groups in total. The molecule has 0 aliphatic carbocycles. The molecule has 12 heterocycles. The Kier molecular flexibility index (Phi) is 23.5. The van der Waals surface area contributed by atoms with E-state index >= 15 is 0 Å². The summed E-state index contributed by atoms with van der Waals surface area (Å²) in [6, 6.07) is 0. The zero-order chi connectivity index (χ0) is 68.4. The van der Waals surface area contributed by atoms with Gasteiger partial charge in [-0.1, -0.05) is 6.92 Å². The molecule has 0 aromatic rings. The summed E-state index contributed by atoms with van der Waals surface area (Å²) in [6.45, 7) is 1.74. The lowest BCUT2D eigenvalue weighted by Gasteiger charge is -2.25. The van der Waals surface area contributed by atoms with Crippen LogP contribution in [-0.4, -0.2) is 265 Å². The molecule has 12 saturated heterocycles. The molecule has 0 saturated carbocycles. The first-order chi connectivity index (χ1) is 41.1. The minimum Gasteiger partial charge on any atom is -0.292 e. The van der Waals surface area contributed by atoms with E-state index in [9.17, 15) is 119 Å². The summed E-state index contributed by atoms with van der Waals surface area (Å²) < 4.78 is 373. The second kappa shape index (κ2) is 27.7. The summed E-state index contributed by atoms with van der Waals surface area (Å²) in [6.07, 6.45) is -16.0. The van der Waals surface area contributed by atoms with Crippen molar-refractivity contribution in [3.63, 3.8) is 0 Å². The van der Waals surface area contributed by atoms with Gasteiger partial charge in [0.2, 0.25) is 0 Å². The Morgan fingerprint density at radius 1 is 0.319 bits per heavy atom. The average Bonchev–Trinajstić information content (AvgIpc) is 1.64. The highest BCUT2D eigenvalue weighted by atomic mass is 32.3. The zero-order valence-electron chi connectivity index (χ0n) is 46.7. The van der Waals surface area contributed by atoms with Crippen LogP contribution >= 0.6 is 0 Å². The second-order valence-corrected chi connectivity index (χ2v) is 42.8. The first kappa shape index (κ1) is 77.0. The molecule has 0 amide bonds. The Balaban J connectivity index is 0.000000156. The van der Waals surface area contributed by atoms with Crippen LogP contribution in [0, 0.1) is 35.5 Å². The molecule has 17 atom stereocenters. The number of hydrogen-bond donors (Lipinski definition) is 0. The third-order valence-electron chi connectivity index (χ3n) is 14.8. The lowest BCUT2D eigenvalue weighted by molar-refractivity contribution is -0.192. The molecule has 0 aromatic heterocycles. The predicted octanol–water partition coefficient (Wildman–Crippen LogP) is -4.00. The van der Waals surface area contributed by atoms with Crippen molar-refractivity contribution in [3.8, 4) is 0 Å². The highest BCUT2D eigenvalue weighted by Gasteiger charge is 2.59. The van der Waals surface area contributed by atoms with Crippen LogP contribution in [0.2, 0.25) is 0 Å². The molecular weight excluding hydrogens is 1510 g/mol. The molecule has 17 unspecified atom stereocenters. The van der Waals surface area contributed by atoms with Crippen LogP contribution in [0.15, 0.2) is 0 Å². The van der Waals surface area contributed by atoms with Crippen molar-refractivity contribution in [2.45, 2.75) is 100.0 Å². The van der Waals surface area contributed by atoms with Gasteiger partial charge in [0, 0.05) is 29.4 Å². The van der Waals surface area contributed by atoms with Crippen molar-refractivity contribution in [3.05, 3.63) is 0 Å². The van der Waals surface area contributed by atoms with E-state index in [1.165, 1.54) is 6.92 Å². The van der Waals surface area contributed by atoms with E-state index in [0.717, 1.165) is 0 Å². The monoisotopic (exact) mass is 1570 g/mol. The molecule has 12 aliphatic rings. The Bertz CT molecular complexity index is 3570. The number of rotatable bonds is 6. The number of halogens is 5. The van der Waals surface area contributed by atoms with Crippen molar-refractivity contribution >= 4 is 127 Å². The van der Waals surface area contributed by atoms with Crippen LogP contribution in [-0.2, 0) is 171 Å². The van der Waals surface area contributed by atoms with Crippen molar-refractivity contribution in [1.82, 2.24) is 0 Å². The van der Waals surface area contributed by atoms with Crippen molar-refractivity contribution in [2.24, 2.45) is 35.5 Å². The SMILES string of the molecule is C=S1(=O)CC(C)C(C2OS(=O)(=O)CC2C(F)(F)F)O1.O=S1(=O)CC(C2CCS(=O)(=O)O2)CO1.O=S1(=O)CC(C2CCS(=O)(=O)O2)CO1.O=S1(=O)CC(C2COS(=O)(=O)C2)CO1.O=S1(=O)CC(F)C(C2OS(=O)(=O)CC2F)O1.O=S1(=O)CCC(C2CCS(=O)(=O)O2)O1. The normalized spacial score (nSPS) is 42.4. The second-order valence-electron chi connectivity index (χ2n) is 22.3. The average molecular weight is 1570 g/mol. The summed E-state index contributed by atoms with van der Waals surface area (Å²) >= 11 is 0. The molecule has 12 aliphatic heterocycles. The fourth-order valence-corrected chi connectivity index (χ4v) is 26.5. The van der Waals surface area contributed by atoms with Gasteiger partial charge in [-0.3, -0.25) is 50.2 Å². The third-order valence-corrected chi connectivity index (χ3v) is 30.6. The maximum Gasteiger partial charge on any atom is 0.395 e. The highest BCUT2D eigenvalue weighted by molar-refractivity contribution is 7.96. The van der Waals surface area contributed by atoms with Crippen LogP contribution in [0.1, 0.15) is 32.6 Å². The minimum absolute atomic E-state index is 0.0118. The fourth-order valence-electron chi connectivity index (χ4n) is 10.5. The maximum atomic E-state index is 13.2. The van der Waals surface area contributed by atoms with Crippen LogP contribution in [0.3, 0.4) is 0 Å². The van der Waals surface area contributed by atoms with E-state index < -0.39 is 218 Å². The summed E-state index contributed by atoms with van der Waals surface area (Å²) in [5, 5.41) is 0. The molecule has 12 rings (SSSR count). The molecule has 52 heteroatoms. The lowest BCUT2D eigenvalue weighted by atomic mass is 9.92. The van der Waals surface area contributed by atoms with Crippen molar-refractivity contribution < 1.29 is 169 Å². The quantitative estimate of drug-likeness (QED) is 0.139. The van der Waals surface area contributed by atoms with Gasteiger partial charge in [0.15, 0.2) is 0 Å². The van der Waals surface area contributed by atoms with Crippen LogP contribution in [0.5, 0.6) is 0 Å². The van der Waals surface area contributed by atoms with Crippen LogP contribution in [0.25, 0.3) is 0 Å². The summed E-state index contributed by atoms with van der Waals surface area (Å²) in [7, 11) is -42.8. The molecule has 35 nitrogen and oxygen atoms in total. The smallest absolute Gasteiger partial charge is 0.292 e. The van der Waals surface area contributed by atoms with E-state index in [1.54, 1.807) is 0 Å². The predicted molar refractivity (Wildman–Crippen MR) is 296 cm³/mol. The third kappa shape index (κ3) is 22.3. The zero-order valence-corrected chi connectivity index (χ0v) is 56.5. The Morgan fingerprint density at radius 3 is 0.835 bits per heavy atom. The topological polar surface area (TPSA) is 503 Å². The van der Waals surface area contributed by atoms with Gasteiger partial charge in [0.05, 0.1) is 100 Å². The first-order valence-corrected chi connectivity index (χ1v) is 45.5. The van der Waals surface area contributed by atoms with Gasteiger partial charge in [-0.15, -0.1) is 0 Å². The first-order valence-electron chi connectivity index (χ1n) is 26.4. The molecule has 0 aromatic carbocycles. The van der Waals surface area contributed by atoms with E-state index in [0.29, 0.717) is 25.7 Å². The minimum atomic E-state index is -4.72. The van der Waals surface area contributed by atoms with Gasteiger partial charge < -0.3 is 0 Å². The molecule has 12 fully saturated rings. The number of alkyl halides is 5. The van der Waals surface area contributed by atoms with Gasteiger partial charge >= 0.3 is 6.18 Å². The molecular formula is C39H61F5O35S12. The summed E-state index contributed by atoms with van der Waals surface area (Å²) in [5.74, 6) is -4.25. The van der Waals surface area contributed by atoms with Gasteiger partial charge in [-0.25, -0.2) is 13.0 Å². The highest BCUT2D eigenvalue weighted by Crippen LogP contribution is 2.43. The molecule has 91 heavy (non-hydrogen) atoms. The van der Waals surface area contributed by atoms with Crippen molar-refractivity contribution in [1.29, 1.82) is 0 Å². The van der Waals surface area contributed by atoms with E-state index in [1.807, 2.05) is 0 Å². The Morgan fingerprint density at radius 2 is 0.604 bits per heavy atom. The molecule has 0 spiro atoms. The standard InChI is InChI=1S/C9H13F3O5S2.C6H8F2O6S2.4C6H10O6S2/c1-5-3-18(2,13)16-7(5)8-6(9(10,11)12)4-19(14,15)17-8;7-3-1-15(9,10)13-5(3)6-4(8)2-16(11,12)14-6;7-13(8)3-5(1-11-13)6-2-12-14(9,10)4-6;7-13(8)3-1-5(11-13)6-2-4-14(9,10)12-6;2*7-13(8)2-1-6(12-13)5-3-11-14(9,10)4-5/h5-8H,2-4H2,1H3;3-6H,1-2H2;4*5-6H,1-4H2. The van der Waals surface area contributed by atoms with Gasteiger partial charge in [-0.2, -0.15) is 106 Å². The van der Waals surface area contributed by atoms with Crippen LogP contribution in [0.4, 0.5) is 22.0 Å². The van der Waals surface area contributed by atoms with Gasteiger partial charge in [-0.05, 0) is 37.5 Å². The Hall–Kier alpha value is -1.36. The largest absolute Gasteiger partial charge is 0.395 e. The fraction of sp³-hybridized carbons (Fsp3) is 0.974. The summed E-state index contributed by atoms with van der Waals surface area (Å²) in [4.78, 5) is 0. The summed E-state index contributed by atoms with van der Waals surface area (Å²) in [5.41, 5.74) is 0. The maximum absolute atomic E-state index is 13.2. The van der Waals surface area contributed by atoms with Crippen LogP contribution < -0.4 is 0 Å². The van der Waals surface area contributed by atoms with Gasteiger partial charge in [0.25, 0.3) is 111 Å². The number of hydrogen-bond acceptors (Lipinski definition) is 35. The van der Waals surface area contributed by atoms with Gasteiger partial charge in [0.1, 0.15) is 66.4 Å². The Labute approximate surface area is 523 Å². The lowest BCUT2D eigenvalue weighted by Crippen LogP contribution is -2.42. The molecule has 0 bridgehead atoms.